The molecule has 0 radical (unpaired) electrons. The van der Waals surface area contributed by atoms with E-state index in [1.807, 2.05) is 18.2 Å². The number of aromatic nitrogens is 2. The molecule has 0 atom stereocenters. The standard InChI is InChI=1S/C13H18N2O2S/c1-13(2,8-16-3)15-11-6-5-9(17-4)7-10(11)14-12(15)18/h5-7H,8H2,1-4H3,(H,14,18). The van der Waals surface area contributed by atoms with Crippen molar-refractivity contribution in [1.29, 1.82) is 0 Å². The van der Waals surface area contributed by atoms with Gasteiger partial charge in [0.05, 0.1) is 30.3 Å². The molecular weight excluding hydrogens is 248 g/mol. The van der Waals surface area contributed by atoms with Crippen molar-refractivity contribution in [3.05, 3.63) is 23.0 Å². The summed E-state index contributed by atoms with van der Waals surface area (Å²) in [5.74, 6) is 0.815. The van der Waals surface area contributed by atoms with Gasteiger partial charge in [0.25, 0.3) is 0 Å². The van der Waals surface area contributed by atoms with Gasteiger partial charge in [-0.3, -0.25) is 0 Å². The van der Waals surface area contributed by atoms with E-state index in [1.54, 1.807) is 14.2 Å². The number of hydrogen-bond acceptors (Lipinski definition) is 3. The maximum absolute atomic E-state index is 5.41. The molecule has 0 spiro atoms. The fourth-order valence-electron chi connectivity index (χ4n) is 2.24. The molecule has 0 saturated heterocycles. The van der Waals surface area contributed by atoms with Crippen LogP contribution >= 0.6 is 12.2 Å². The Kier molecular flexibility index (Phi) is 3.45. The van der Waals surface area contributed by atoms with E-state index < -0.39 is 0 Å². The summed E-state index contributed by atoms with van der Waals surface area (Å²) in [5, 5.41) is 0. The number of methoxy groups -OCH3 is 2. The van der Waals surface area contributed by atoms with Crippen LogP contribution in [0.1, 0.15) is 13.8 Å². The molecule has 0 aliphatic carbocycles. The lowest BCUT2D eigenvalue weighted by Gasteiger charge is -2.26. The van der Waals surface area contributed by atoms with Gasteiger partial charge in [-0.25, -0.2) is 0 Å². The Hall–Kier alpha value is -1.33. The lowest BCUT2D eigenvalue weighted by molar-refractivity contribution is 0.111. The van der Waals surface area contributed by atoms with Crippen LogP contribution in [0, 0.1) is 4.77 Å². The van der Waals surface area contributed by atoms with Crippen LogP contribution in [0.4, 0.5) is 0 Å². The average Bonchev–Trinajstić information content (AvgIpc) is 2.64. The van der Waals surface area contributed by atoms with Crippen LogP contribution in [0.2, 0.25) is 0 Å². The maximum atomic E-state index is 5.41. The summed E-state index contributed by atoms with van der Waals surface area (Å²) in [6, 6.07) is 5.90. The van der Waals surface area contributed by atoms with E-state index in [0.29, 0.717) is 11.4 Å². The third kappa shape index (κ3) is 2.15. The van der Waals surface area contributed by atoms with Crippen LogP contribution in [0.25, 0.3) is 11.0 Å². The summed E-state index contributed by atoms with van der Waals surface area (Å²) in [6.07, 6.45) is 0. The van der Waals surface area contributed by atoms with Crippen LogP contribution in [0.15, 0.2) is 18.2 Å². The van der Waals surface area contributed by atoms with Gasteiger partial charge < -0.3 is 19.0 Å². The van der Waals surface area contributed by atoms with Gasteiger partial charge in [0.2, 0.25) is 0 Å². The minimum absolute atomic E-state index is 0.196. The molecule has 1 aromatic carbocycles. The zero-order valence-corrected chi connectivity index (χ0v) is 11.9. The number of ether oxygens (including phenoxy) is 2. The van der Waals surface area contributed by atoms with Gasteiger partial charge in [-0.2, -0.15) is 0 Å². The van der Waals surface area contributed by atoms with Gasteiger partial charge in [-0.1, -0.05) is 0 Å². The first-order valence-corrected chi connectivity index (χ1v) is 6.18. The molecular formula is C13H18N2O2S. The Bertz CT molecular complexity index is 613. The molecule has 18 heavy (non-hydrogen) atoms. The molecule has 2 aromatic rings. The van der Waals surface area contributed by atoms with Crippen molar-refractivity contribution in [2.45, 2.75) is 19.4 Å². The van der Waals surface area contributed by atoms with E-state index >= 15 is 0 Å². The number of imidazole rings is 1. The monoisotopic (exact) mass is 266 g/mol. The van der Waals surface area contributed by atoms with E-state index in [0.717, 1.165) is 16.8 Å². The molecule has 0 bridgehead atoms. The Balaban J connectivity index is 2.65. The average molecular weight is 266 g/mol. The molecule has 98 valence electrons. The minimum Gasteiger partial charge on any atom is -0.497 e. The van der Waals surface area contributed by atoms with Crippen LogP contribution in [0.3, 0.4) is 0 Å². The molecule has 1 heterocycles. The smallest absolute Gasteiger partial charge is 0.178 e. The summed E-state index contributed by atoms with van der Waals surface area (Å²) in [7, 11) is 3.35. The quantitative estimate of drug-likeness (QED) is 0.864. The van der Waals surface area contributed by atoms with Crippen molar-refractivity contribution in [2.75, 3.05) is 20.8 Å². The van der Waals surface area contributed by atoms with E-state index in [9.17, 15) is 0 Å². The first-order chi connectivity index (χ1) is 8.49. The molecule has 0 fully saturated rings. The second-order valence-electron chi connectivity index (χ2n) is 4.89. The number of benzene rings is 1. The van der Waals surface area contributed by atoms with E-state index in [-0.39, 0.29) is 5.54 Å². The zero-order chi connectivity index (χ0) is 13.3. The lowest BCUT2D eigenvalue weighted by Crippen LogP contribution is -2.31. The van der Waals surface area contributed by atoms with Gasteiger partial charge >= 0.3 is 0 Å². The van der Waals surface area contributed by atoms with Gasteiger partial charge in [-0.15, -0.1) is 0 Å². The van der Waals surface area contributed by atoms with Crippen LogP contribution in [0.5, 0.6) is 5.75 Å². The number of H-pyrrole nitrogens is 1. The summed E-state index contributed by atoms with van der Waals surface area (Å²) in [5.41, 5.74) is 1.84. The normalized spacial score (nSPS) is 12.0. The van der Waals surface area contributed by atoms with E-state index in [4.69, 9.17) is 21.7 Å². The van der Waals surface area contributed by atoms with Gasteiger partial charge in [0.15, 0.2) is 4.77 Å². The van der Waals surface area contributed by atoms with Crippen LogP contribution in [-0.4, -0.2) is 30.4 Å². The number of nitrogens with one attached hydrogen (secondary N) is 1. The van der Waals surface area contributed by atoms with Gasteiger partial charge in [-0.05, 0) is 38.2 Å². The van der Waals surface area contributed by atoms with Crippen molar-refractivity contribution in [3.8, 4) is 5.75 Å². The molecule has 0 aliphatic heterocycles. The lowest BCUT2D eigenvalue weighted by atomic mass is 10.1. The Labute approximate surface area is 112 Å². The van der Waals surface area contributed by atoms with Gasteiger partial charge in [0, 0.05) is 13.2 Å². The molecule has 2 rings (SSSR count). The Morgan fingerprint density at radius 1 is 1.33 bits per heavy atom. The maximum Gasteiger partial charge on any atom is 0.178 e. The van der Waals surface area contributed by atoms with Crippen LogP contribution in [-0.2, 0) is 10.3 Å². The summed E-state index contributed by atoms with van der Waals surface area (Å²) < 4.78 is 13.3. The molecule has 4 nitrogen and oxygen atoms in total. The molecule has 1 N–H and O–H groups in total. The Morgan fingerprint density at radius 3 is 2.67 bits per heavy atom. The number of aromatic amines is 1. The third-order valence-electron chi connectivity index (χ3n) is 2.99. The second kappa shape index (κ2) is 4.74. The second-order valence-corrected chi connectivity index (χ2v) is 5.28. The highest BCUT2D eigenvalue weighted by atomic mass is 32.1. The highest BCUT2D eigenvalue weighted by molar-refractivity contribution is 7.71. The fourth-order valence-corrected chi connectivity index (χ4v) is 2.69. The fraction of sp³-hybridized carbons (Fsp3) is 0.462. The first kappa shape index (κ1) is 13.1. The van der Waals surface area contributed by atoms with E-state index in [2.05, 4.69) is 23.4 Å². The molecule has 0 saturated carbocycles. The highest BCUT2D eigenvalue weighted by Gasteiger charge is 2.23. The number of hydrogen-bond donors (Lipinski definition) is 1. The predicted molar refractivity (Wildman–Crippen MR) is 74.9 cm³/mol. The van der Waals surface area contributed by atoms with Crippen molar-refractivity contribution in [2.24, 2.45) is 0 Å². The van der Waals surface area contributed by atoms with Crippen molar-refractivity contribution < 1.29 is 9.47 Å². The minimum atomic E-state index is -0.196. The Morgan fingerprint density at radius 2 is 2.06 bits per heavy atom. The number of rotatable bonds is 4. The van der Waals surface area contributed by atoms with E-state index in [1.165, 1.54) is 0 Å². The van der Waals surface area contributed by atoms with Crippen molar-refractivity contribution >= 4 is 23.3 Å². The first-order valence-electron chi connectivity index (χ1n) is 5.78. The predicted octanol–water partition coefficient (Wildman–Crippen LogP) is 3.09. The largest absolute Gasteiger partial charge is 0.497 e. The third-order valence-corrected chi connectivity index (χ3v) is 3.28. The number of nitrogens with zero attached hydrogens (tertiary/aromatic N) is 1. The zero-order valence-electron chi connectivity index (χ0n) is 11.1. The topological polar surface area (TPSA) is 39.2 Å². The SMILES string of the molecule is COCC(C)(C)n1c(=S)[nH]c2cc(OC)ccc21. The van der Waals surface area contributed by atoms with Crippen molar-refractivity contribution in [3.63, 3.8) is 0 Å². The highest BCUT2D eigenvalue weighted by Crippen LogP contribution is 2.26. The molecule has 0 amide bonds. The van der Waals surface area contributed by atoms with Gasteiger partial charge in [0.1, 0.15) is 5.75 Å². The van der Waals surface area contributed by atoms with Crippen LogP contribution < -0.4 is 4.74 Å². The summed E-state index contributed by atoms with van der Waals surface area (Å²) >= 11 is 5.41. The molecule has 1 aromatic heterocycles. The molecule has 0 aliphatic rings. The number of fused-ring (bicyclic) bond motifs is 1. The molecule has 0 unspecified atom stereocenters. The molecule has 5 heteroatoms. The summed E-state index contributed by atoms with van der Waals surface area (Å²) in [6.45, 7) is 4.80. The summed E-state index contributed by atoms with van der Waals surface area (Å²) in [4.78, 5) is 3.21. The van der Waals surface area contributed by atoms with Crippen molar-refractivity contribution in [1.82, 2.24) is 9.55 Å².